The van der Waals surface area contributed by atoms with Crippen molar-refractivity contribution in [2.45, 2.75) is 51.1 Å². The van der Waals surface area contributed by atoms with E-state index in [2.05, 4.69) is 12.2 Å². The van der Waals surface area contributed by atoms with Crippen molar-refractivity contribution in [1.82, 2.24) is 4.90 Å². The average Bonchev–Trinajstić information content (AvgIpc) is 3.54. The molecule has 2 heterocycles. The van der Waals surface area contributed by atoms with E-state index in [0.717, 1.165) is 34.9 Å². The Balaban J connectivity index is 1.58. The molecular formula is C32H33FN2O4. The number of hydrogen-bond donors (Lipinski definition) is 2. The number of nitrogens with one attached hydrogen (secondary N) is 1. The van der Waals surface area contributed by atoms with Crippen LogP contribution < -0.4 is 5.32 Å². The van der Waals surface area contributed by atoms with E-state index in [-0.39, 0.29) is 11.8 Å². The number of unbranched alkanes of at least 4 members (excludes halogenated alkanes) is 1. The van der Waals surface area contributed by atoms with E-state index < -0.39 is 29.8 Å². The van der Waals surface area contributed by atoms with Crippen LogP contribution in [0.4, 0.5) is 10.1 Å². The summed E-state index contributed by atoms with van der Waals surface area (Å²) < 4.78 is 19.4. The van der Waals surface area contributed by atoms with Crippen LogP contribution in [0.15, 0.2) is 83.5 Å². The zero-order valence-electron chi connectivity index (χ0n) is 22.1. The molecule has 1 fully saturated rings. The first kappa shape index (κ1) is 26.6. The molecule has 0 bridgehead atoms. The molecule has 0 radical (unpaired) electrons. The van der Waals surface area contributed by atoms with Crippen molar-refractivity contribution >= 4 is 28.5 Å². The molecule has 1 aliphatic heterocycles. The summed E-state index contributed by atoms with van der Waals surface area (Å²) in [6.07, 6.45) is 3.89. The van der Waals surface area contributed by atoms with E-state index in [9.17, 15) is 19.1 Å². The topological polar surface area (TPSA) is 82.8 Å². The number of carboxylic acids is 1. The third-order valence-corrected chi connectivity index (χ3v) is 7.76. The third kappa shape index (κ3) is 5.59. The zero-order chi connectivity index (χ0) is 27.5. The molecule has 7 heteroatoms. The molecule has 6 nitrogen and oxygen atoms in total. The number of anilines is 1. The summed E-state index contributed by atoms with van der Waals surface area (Å²) in [7, 11) is 0. The molecule has 1 saturated heterocycles. The number of nitrogens with zero attached hydrogens (tertiary/aromatic N) is 1. The predicted molar refractivity (Wildman–Crippen MR) is 149 cm³/mol. The van der Waals surface area contributed by atoms with E-state index in [4.69, 9.17) is 4.42 Å². The monoisotopic (exact) mass is 528 g/mol. The van der Waals surface area contributed by atoms with Crippen molar-refractivity contribution in [2.75, 3.05) is 11.9 Å². The fraction of sp³-hybridized carbons (Fsp3) is 0.312. The quantitative estimate of drug-likeness (QED) is 0.246. The first-order valence-electron chi connectivity index (χ1n) is 13.4. The number of likely N-dealkylation sites (tertiary alicyclic amines) is 1. The van der Waals surface area contributed by atoms with Gasteiger partial charge in [0.15, 0.2) is 0 Å². The van der Waals surface area contributed by atoms with Gasteiger partial charge in [-0.15, -0.1) is 0 Å². The standard InChI is InChI=1S/C32H33FN2O4/c1-3-4-8-27(31(36)34-25-7-5-6-20(2)17-25)35-19-26(22-11-14-28-23(18-22)15-16-39-28)29(32(37)38)30(35)21-9-12-24(33)13-10-21/h5-7,9-18,26-27,29-30H,3-4,8,19H2,1-2H3,(H,34,36)(H,37,38). The number of carbonyl (C=O) groups excluding carboxylic acids is 1. The van der Waals surface area contributed by atoms with Crippen LogP contribution in [0.3, 0.4) is 0 Å². The lowest BCUT2D eigenvalue weighted by atomic mass is 9.82. The SMILES string of the molecule is CCCCC(C(=O)Nc1cccc(C)c1)N1CC(c2ccc3occc3c2)C(C(=O)O)C1c1ccc(F)cc1. The van der Waals surface area contributed by atoms with E-state index >= 15 is 0 Å². The second-order valence-corrected chi connectivity index (χ2v) is 10.4. The minimum atomic E-state index is -0.947. The first-order valence-corrected chi connectivity index (χ1v) is 13.4. The van der Waals surface area contributed by atoms with Crippen molar-refractivity contribution in [3.63, 3.8) is 0 Å². The second-order valence-electron chi connectivity index (χ2n) is 10.4. The van der Waals surface area contributed by atoms with Gasteiger partial charge in [-0.2, -0.15) is 0 Å². The molecule has 1 amide bonds. The van der Waals surface area contributed by atoms with Crippen LogP contribution in [-0.2, 0) is 9.59 Å². The van der Waals surface area contributed by atoms with Crippen LogP contribution in [-0.4, -0.2) is 34.5 Å². The number of carboxylic acid groups (broad SMARTS) is 1. The second kappa shape index (κ2) is 11.4. The average molecular weight is 529 g/mol. The Labute approximate surface area is 227 Å². The molecule has 39 heavy (non-hydrogen) atoms. The number of benzene rings is 3. The maximum atomic E-state index is 13.9. The Morgan fingerprint density at radius 3 is 2.56 bits per heavy atom. The fourth-order valence-corrected chi connectivity index (χ4v) is 5.89. The summed E-state index contributed by atoms with van der Waals surface area (Å²) in [4.78, 5) is 28.8. The van der Waals surface area contributed by atoms with E-state index in [1.54, 1.807) is 18.4 Å². The van der Waals surface area contributed by atoms with Crippen molar-refractivity contribution in [2.24, 2.45) is 5.92 Å². The van der Waals surface area contributed by atoms with Gasteiger partial charge in [-0.05, 0) is 72.5 Å². The fourth-order valence-electron chi connectivity index (χ4n) is 5.89. The number of furan rings is 1. The van der Waals surface area contributed by atoms with Crippen molar-refractivity contribution in [1.29, 1.82) is 0 Å². The Morgan fingerprint density at radius 1 is 1.08 bits per heavy atom. The van der Waals surface area contributed by atoms with E-state index in [1.165, 1.54) is 12.1 Å². The van der Waals surface area contributed by atoms with Gasteiger partial charge < -0.3 is 14.8 Å². The molecular weight excluding hydrogens is 495 g/mol. The Morgan fingerprint density at radius 2 is 1.85 bits per heavy atom. The molecule has 2 N–H and O–H groups in total. The highest BCUT2D eigenvalue weighted by atomic mass is 19.1. The summed E-state index contributed by atoms with van der Waals surface area (Å²) in [6.45, 7) is 4.41. The lowest BCUT2D eigenvalue weighted by Crippen LogP contribution is -2.45. The van der Waals surface area contributed by atoms with E-state index in [1.807, 2.05) is 60.4 Å². The van der Waals surface area contributed by atoms with Gasteiger partial charge >= 0.3 is 5.97 Å². The number of halogens is 1. The normalized spacial score (nSPS) is 20.2. The predicted octanol–water partition coefficient (Wildman–Crippen LogP) is 6.92. The third-order valence-electron chi connectivity index (χ3n) is 7.76. The minimum Gasteiger partial charge on any atom is -0.481 e. The van der Waals surface area contributed by atoms with Gasteiger partial charge in [0.25, 0.3) is 0 Å². The highest BCUT2D eigenvalue weighted by Gasteiger charge is 2.50. The molecule has 5 rings (SSSR count). The molecule has 1 aromatic heterocycles. The number of aryl methyl sites for hydroxylation is 1. The first-order chi connectivity index (χ1) is 18.9. The van der Waals surface area contributed by atoms with Crippen LogP contribution in [0.1, 0.15) is 54.8 Å². The van der Waals surface area contributed by atoms with Crippen molar-refractivity contribution in [3.05, 3.63) is 102 Å². The van der Waals surface area contributed by atoms with Crippen molar-refractivity contribution < 1.29 is 23.5 Å². The highest BCUT2D eigenvalue weighted by Crippen LogP contribution is 2.48. The molecule has 3 aromatic carbocycles. The molecule has 4 aromatic rings. The summed E-state index contributed by atoms with van der Waals surface area (Å²) in [5.74, 6) is -2.73. The van der Waals surface area contributed by atoms with Gasteiger partial charge in [0.1, 0.15) is 11.4 Å². The molecule has 202 valence electrons. The zero-order valence-corrected chi connectivity index (χ0v) is 22.1. The highest BCUT2D eigenvalue weighted by molar-refractivity contribution is 5.95. The Bertz CT molecular complexity index is 1460. The molecule has 0 aliphatic carbocycles. The maximum absolute atomic E-state index is 13.9. The molecule has 4 unspecified atom stereocenters. The molecule has 1 aliphatic rings. The van der Waals surface area contributed by atoms with Crippen LogP contribution in [0.5, 0.6) is 0 Å². The molecule has 4 atom stereocenters. The molecule has 0 saturated carbocycles. The number of fused-ring (bicyclic) bond motifs is 1. The lowest BCUT2D eigenvalue weighted by molar-refractivity contribution is -0.143. The number of hydrogen-bond acceptors (Lipinski definition) is 4. The van der Waals surface area contributed by atoms with Crippen LogP contribution >= 0.6 is 0 Å². The maximum Gasteiger partial charge on any atom is 0.309 e. The largest absolute Gasteiger partial charge is 0.481 e. The Hall–Kier alpha value is -3.97. The van der Waals surface area contributed by atoms with E-state index in [0.29, 0.717) is 24.2 Å². The van der Waals surface area contributed by atoms with Gasteiger partial charge in [0.2, 0.25) is 5.91 Å². The van der Waals surface area contributed by atoms with Crippen molar-refractivity contribution in [3.8, 4) is 0 Å². The van der Waals surface area contributed by atoms with Gasteiger partial charge in [0, 0.05) is 29.6 Å². The number of rotatable bonds is 9. The lowest BCUT2D eigenvalue weighted by Gasteiger charge is -2.33. The van der Waals surface area contributed by atoms with Crippen LogP contribution in [0, 0.1) is 18.7 Å². The smallest absolute Gasteiger partial charge is 0.309 e. The summed E-state index contributed by atoms with van der Waals surface area (Å²) in [6, 6.07) is 20.0. The van der Waals surface area contributed by atoms with Crippen LogP contribution in [0.25, 0.3) is 11.0 Å². The number of amides is 1. The number of aliphatic carboxylic acids is 1. The Kier molecular flexibility index (Phi) is 7.79. The van der Waals surface area contributed by atoms with Crippen LogP contribution in [0.2, 0.25) is 0 Å². The summed E-state index contributed by atoms with van der Waals surface area (Å²) >= 11 is 0. The van der Waals surface area contributed by atoms with Gasteiger partial charge in [-0.3, -0.25) is 14.5 Å². The van der Waals surface area contributed by atoms with Gasteiger partial charge in [0.05, 0.1) is 18.2 Å². The van der Waals surface area contributed by atoms with Gasteiger partial charge in [-0.1, -0.05) is 50.1 Å². The number of carbonyl (C=O) groups is 2. The summed E-state index contributed by atoms with van der Waals surface area (Å²) in [5.41, 5.74) is 4.02. The summed E-state index contributed by atoms with van der Waals surface area (Å²) in [5, 5.41) is 14.5. The van der Waals surface area contributed by atoms with Gasteiger partial charge in [-0.25, -0.2) is 4.39 Å². The molecule has 0 spiro atoms. The minimum absolute atomic E-state index is 0.170.